The van der Waals surface area contributed by atoms with Crippen molar-refractivity contribution < 1.29 is 24.2 Å². The molecule has 0 spiro atoms. The van der Waals surface area contributed by atoms with Crippen molar-refractivity contribution in [2.24, 2.45) is 0 Å². The predicted octanol–water partition coefficient (Wildman–Crippen LogP) is 1.55. The van der Waals surface area contributed by atoms with E-state index in [1.165, 1.54) is 23.5 Å². The molecule has 0 radical (unpaired) electrons. The van der Waals surface area contributed by atoms with Crippen LogP contribution in [-0.2, 0) is 19.1 Å². The van der Waals surface area contributed by atoms with Crippen molar-refractivity contribution in [3.05, 3.63) is 27.4 Å². The van der Waals surface area contributed by atoms with Crippen LogP contribution in [0.1, 0.15) is 11.3 Å². The van der Waals surface area contributed by atoms with Gasteiger partial charge in [0.25, 0.3) is 0 Å². The molecule has 20 heavy (non-hydrogen) atoms. The van der Waals surface area contributed by atoms with E-state index in [9.17, 15) is 14.4 Å². The van der Waals surface area contributed by atoms with E-state index in [0.29, 0.717) is 4.34 Å². The highest BCUT2D eigenvalue weighted by Gasteiger charge is 2.22. The van der Waals surface area contributed by atoms with Crippen LogP contribution in [0.15, 0.2) is 18.2 Å². The van der Waals surface area contributed by atoms with Crippen LogP contribution in [0.3, 0.4) is 0 Å². The van der Waals surface area contributed by atoms with Crippen LogP contribution < -0.4 is 5.32 Å². The SMILES string of the molecule is COC(=O)C[C@H](NC(=O)C=Cc1ccc(Cl)s1)C(=O)O. The zero-order chi connectivity index (χ0) is 15.1. The second kappa shape index (κ2) is 7.66. The van der Waals surface area contributed by atoms with Gasteiger partial charge in [-0.05, 0) is 18.2 Å². The lowest BCUT2D eigenvalue weighted by molar-refractivity contribution is -0.148. The number of methoxy groups -OCH3 is 1. The molecule has 1 heterocycles. The predicted molar refractivity (Wildman–Crippen MR) is 74.6 cm³/mol. The first-order valence-corrected chi connectivity index (χ1v) is 6.65. The molecule has 1 aromatic rings. The maximum absolute atomic E-state index is 11.6. The summed E-state index contributed by atoms with van der Waals surface area (Å²) in [4.78, 5) is 34.2. The van der Waals surface area contributed by atoms with Gasteiger partial charge in [0.15, 0.2) is 0 Å². The molecule has 0 aliphatic carbocycles. The summed E-state index contributed by atoms with van der Waals surface area (Å²) in [5.74, 6) is -2.64. The van der Waals surface area contributed by atoms with Gasteiger partial charge in [-0.15, -0.1) is 11.3 Å². The van der Waals surface area contributed by atoms with E-state index in [1.807, 2.05) is 0 Å². The first-order chi connectivity index (χ1) is 9.42. The molecule has 0 bridgehead atoms. The first-order valence-electron chi connectivity index (χ1n) is 5.46. The highest BCUT2D eigenvalue weighted by Crippen LogP contribution is 2.22. The van der Waals surface area contributed by atoms with Crippen molar-refractivity contribution in [1.82, 2.24) is 5.32 Å². The van der Waals surface area contributed by atoms with Crippen molar-refractivity contribution in [3.63, 3.8) is 0 Å². The Balaban J connectivity index is 2.60. The van der Waals surface area contributed by atoms with Crippen LogP contribution >= 0.6 is 22.9 Å². The molecule has 2 N–H and O–H groups in total. The van der Waals surface area contributed by atoms with Gasteiger partial charge in [0.05, 0.1) is 17.9 Å². The van der Waals surface area contributed by atoms with Crippen molar-refractivity contribution >= 4 is 46.9 Å². The van der Waals surface area contributed by atoms with Crippen molar-refractivity contribution in [2.75, 3.05) is 7.11 Å². The Kier molecular flexibility index (Phi) is 6.20. The summed E-state index contributed by atoms with van der Waals surface area (Å²) < 4.78 is 4.94. The van der Waals surface area contributed by atoms with E-state index >= 15 is 0 Å². The van der Waals surface area contributed by atoms with Crippen molar-refractivity contribution in [2.45, 2.75) is 12.5 Å². The number of aliphatic carboxylic acids is 1. The largest absolute Gasteiger partial charge is 0.480 e. The third-order valence-electron chi connectivity index (χ3n) is 2.21. The first kappa shape index (κ1) is 16.2. The summed E-state index contributed by atoms with van der Waals surface area (Å²) in [5, 5.41) is 11.1. The minimum atomic E-state index is -1.33. The quantitative estimate of drug-likeness (QED) is 0.613. The molecular weight excluding hydrogens is 306 g/mol. The molecule has 0 unspecified atom stereocenters. The van der Waals surface area contributed by atoms with Crippen LogP contribution in [0.4, 0.5) is 0 Å². The molecule has 108 valence electrons. The number of thiophene rings is 1. The number of amides is 1. The third-order valence-corrected chi connectivity index (χ3v) is 3.40. The molecule has 0 aliphatic rings. The zero-order valence-electron chi connectivity index (χ0n) is 10.5. The van der Waals surface area contributed by atoms with Crippen LogP contribution in [0, 0.1) is 0 Å². The number of hydrogen-bond acceptors (Lipinski definition) is 5. The monoisotopic (exact) mass is 317 g/mol. The number of halogens is 1. The van der Waals surface area contributed by atoms with Gasteiger partial charge in [0.1, 0.15) is 6.04 Å². The number of carbonyl (C=O) groups is 3. The minimum absolute atomic E-state index is 0.434. The topological polar surface area (TPSA) is 92.7 Å². The number of nitrogens with one attached hydrogen (secondary N) is 1. The molecule has 1 atom stereocenters. The zero-order valence-corrected chi connectivity index (χ0v) is 12.0. The van der Waals surface area contributed by atoms with E-state index in [-0.39, 0.29) is 0 Å². The molecule has 1 aromatic heterocycles. The molecule has 0 fully saturated rings. The van der Waals surface area contributed by atoms with E-state index < -0.39 is 30.3 Å². The summed E-state index contributed by atoms with van der Waals surface area (Å²) in [5.41, 5.74) is 0. The number of carboxylic acid groups (broad SMARTS) is 1. The minimum Gasteiger partial charge on any atom is -0.480 e. The Bertz CT molecular complexity index is 540. The lowest BCUT2D eigenvalue weighted by Crippen LogP contribution is -2.41. The van der Waals surface area contributed by atoms with Crippen molar-refractivity contribution in [3.8, 4) is 0 Å². The van der Waals surface area contributed by atoms with Crippen LogP contribution in [0.2, 0.25) is 4.34 Å². The smallest absolute Gasteiger partial charge is 0.326 e. The highest BCUT2D eigenvalue weighted by atomic mass is 35.5. The van der Waals surface area contributed by atoms with Gasteiger partial charge in [-0.25, -0.2) is 4.79 Å². The molecule has 0 saturated carbocycles. The molecule has 0 saturated heterocycles. The van der Waals surface area contributed by atoms with Gasteiger partial charge in [-0.1, -0.05) is 11.6 Å². The summed E-state index contributed by atoms with van der Waals surface area (Å²) in [6.45, 7) is 0. The molecule has 0 aliphatic heterocycles. The summed E-state index contributed by atoms with van der Waals surface area (Å²) in [6.07, 6.45) is 2.24. The highest BCUT2D eigenvalue weighted by molar-refractivity contribution is 7.17. The van der Waals surface area contributed by atoms with E-state index in [1.54, 1.807) is 12.1 Å². The number of rotatable bonds is 6. The molecule has 8 heteroatoms. The van der Waals surface area contributed by atoms with E-state index in [4.69, 9.17) is 16.7 Å². The maximum atomic E-state index is 11.6. The Labute approximate surface area is 124 Å². The fourth-order valence-electron chi connectivity index (χ4n) is 1.25. The lowest BCUT2D eigenvalue weighted by Gasteiger charge is -2.11. The number of carbonyl (C=O) groups excluding carboxylic acids is 2. The maximum Gasteiger partial charge on any atom is 0.326 e. The molecule has 1 rings (SSSR count). The third kappa shape index (κ3) is 5.41. The Morgan fingerprint density at radius 3 is 2.70 bits per heavy atom. The molecule has 6 nitrogen and oxygen atoms in total. The normalized spacial score (nSPS) is 12.1. The fraction of sp³-hybridized carbons (Fsp3) is 0.250. The summed E-state index contributed by atoms with van der Waals surface area (Å²) in [7, 11) is 1.14. The van der Waals surface area contributed by atoms with E-state index in [0.717, 1.165) is 12.0 Å². The van der Waals surface area contributed by atoms with Crippen LogP contribution in [0.5, 0.6) is 0 Å². The summed E-state index contributed by atoms with van der Waals surface area (Å²) in [6, 6.07) is 2.08. The van der Waals surface area contributed by atoms with Gasteiger partial charge in [-0.2, -0.15) is 0 Å². The van der Waals surface area contributed by atoms with Gasteiger partial charge in [0.2, 0.25) is 5.91 Å². The lowest BCUT2D eigenvalue weighted by atomic mass is 10.2. The number of esters is 1. The van der Waals surface area contributed by atoms with Gasteiger partial charge in [-0.3, -0.25) is 9.59 Å². The van der Waals surface area contributed by atoms with Gasteiger partial charge in [0, 0.05) is 11.0 Å². The Morgan fingerprint density at radius 2 is 2.20 bits per heavy atom. The number of ether oxygens (including phenoxy) is 1. The second-order valence-electron chi connectivity index (χ2n) is 3.65. The van der Waals surface area contributed by atoms with Gasteiger partial charge >= 0.3 is 11.9 Å². The van der Waals surface area contributed by atoms with E-state index in [2.05, 4.69) is 10.1 Å². The fourth-order valence-corrected chi connectivity index (χ4v) is 2.21. The second-order valence-corrected chi connectivity index (χ2v) is 5.40. The average Bonchev–Trinajstić information content (AvgIpc) is 2.81. The van der Waals surface area contributed by atoms with Crippen LogP contribution in [0.25, 0.3) is 6.08 Å². The molecular formula is C12H12ClNO5S. The van der Waals surface area contributed by atoms with Crippen molar-refractivity contribution in [1.29, 1.82) is 0 Å². The molecule has 1 amide bonds. The number of carboxylic acids is 1. The summed E-state index contributed by atoms with van der Waals surface area (Å²) >= 11 is 7.01. The van der Waals surface area contributed by atoms with Gasteiger partial charge < -0.3 is 15.2 Å². The average molecular weight is 318 g/mol. The van der Waals surface area contributed by atoms with Crippen LogP contribution in [-0.4, -0.2) is 36.1 Å². The molecule has 0 aromatic carbocycles. The number of hydrogen-bond donors (Lipinski definition) is 2. The standard InChI is InChI=1S/C12H12ClNO5S/c1-19-11(16)6-8(12(17)18)14-10(15)5-3-7-2-4-9(13)20-7/h2-5,8H,6H2,1H3,(H,14,15)(H,17,18)/t8-/m0/s1. The Morgan fingerprint density at radius 1 is 1.50 bits per heavy atom. The Hall–Kier alpha value is -1.86.